The number of nitrogens with one attached hydrogen (secondary N) is 3. The van der Waals surface area contributed by atoms with Crippen LogP contribution in [-0.4, -0.2) is 35.9 Å². The van der Waals surface area contributed by atoms with Gasteiger partial charge in [-0.3, -0.25) is 9.59 Å². The minimum atomic E-state index is -0.943. The smallest absolute Gasteiger partial charge is 0.408 e. The Labute approximate surface area is 202 Å². The van der Waals surface area contributed by atoms with Gasteiger partial charge in [-0.15, -0.1) is 0 Å². The van der Waals surface area contributed by atoms with Crippen LogP contribution in [0.15, 0.2) is 80.9 Å². The van der Waals surface area contributed by atoms with Crippen molar-refractivity contribution in [3.63, 3.8) is 0 Å². The van der Waals surface area contributed by atoms with Gasteiger partial charge in [-0.05, 0) is 44.7 Å². The highest BCUT2D eigenvalue weighted by atomic mass is 16.6. The van der Waals surface area contributed by atoms with Gasteiger partial charge in [-0.25, -0.2) is 10.2 Å². The summed E-state index contributed by atoms with van der Waals surface area (Å²) in [6, 6.07) is 6.04. The van der Waals surface area contributed by atoms with E-state index in [0.717, 1.165) is 5.57 Å². The molecule has 35 heavy (non-hydrogen) atoms. The van der Waals surface area contributed by atoms with Crippen LogP contribution < -0.4 is 21.5 Å². The fourth-order valence-electron chi connectivity index (χ4n) is 3.94. The van der Waals surface area contributed by atoms with Crippen molar-refractivity contribution in [1.82, 2.24) is 16.1 Å². The van der Waals surface area contributed by atoms with Crippen LogP contribution in [0.1, 0.15) is 32.8 Å². The zero-order chi connectivity index (χ0) is 25.0. The molecule has 1 aromatic carbocycles. The maximum atomic E-state index is 13.0. The molecular formula is C26H28N4O5. The van der Waals surface area contributed by atoms with Crippen molar-refractivity contribution in [2.75, 3.05) is 0 Å². The molecule has 0 saturated carbocycles. The molecule has 1 aliphatic carbocycles. The summed E-state index contributed by atoms with van der Waals surface area (Å²) in [5.74, 6) is -0.460. The first-order chi connectivity index (χ1) is 16.7. The molecule has 0 unspecified atom stereocenters. The molecule has 0 radical (unpaired) electrons. The molecule has 9 nitrogen and oxygen atoms in total. The molecule has 182 valence electrons. The van der Waals surface area contributed by atoms with Crippen LogP contribution in [0.3, 0.4) is 0 Å². The lowest BCUT2D eigenvalue weighted by Gasteiger charge is -2.24. The number of nitrogens with zero attached hydrogens (tertiary/aromatic N) is 1. The number of carbonyl (C=O) groups is 2. The quantitative estimate of drug-likeness (QED) is 0.435. The maximum Gasteiger partial charge on any atom is 0.408 e. The highest BCUT2D eigenvalue weighted by Crippen LogP contribution is 2.29. The number of allylic oxidation sites excluding steroid dienone is 2. The second kappa shape index (κ2) is 10.0. The van der Waals surface area contributed by atoms with Gasteiger partial charge in [0.15, 0.2) is 0 Å². The lowest BCUT2D eigenvalue weighted by molar-refractivity contribution is -0.123. The van der Waals surface area contributed by atoms with E-state index in [1.54, 1.807) is 45.0 Å². The second-order valence-corrected chi connectivity index (χ2v) is 9.36. The summed E-state index contributed by atoms with van der Waals surface area (Å²) in [6.07, 6.45) is 11.9. The summed E-state index contributed by atoms with van der Waals surface area (Å²) in [4.78, 5) is 38.0. The number of hydrogen-bond acceptors (Lipinski definition) is 7. The molecule has 1 aromatic heterocycles. The van der Waals surface area contributed by atoms with Crippen molar-refractivity contribution in [3.05, 3.63) is 82.4 Å². The first kappa shape index (κ1) is 24.0. The summed E-state index contributed by atoms with van der Waals surface area (Å²) in [7, 11) is 0. The van der Waals surface area contributed by atoms with E-state index in [1.165, 1.54) is 12.5 Å². The predicted molar refractivity (Wildman–Crippen MR) is 133 cm³/mol. The monoisotopic (exact) mass is 476 g/mol. The normalized spacial score (nSPS) is 19.7. The number of hydrogen-bond donors (Lipinski definition) is 3. The van der Waals surface area contributed by atoms with E-state index >= 15 is 0 Å². The predicted octanol–water partition coefficient (Wildman–Crippen LogP) is 3.12. The van der Waals surface area contributed by atoms with E-state index in [1.807, 2.05) is 24.4 Å². The molecule has 9 heteroatoms. The van der Waals surface area contributed by atoms with Gasteiger partial charge in [0.1, 0.15) is 23.5 Å². The van der Waals surface area contributed by atoms with Gasteiger partial charge in [0, 0.05) is 12.3 Å². The number of benzene rings is 1. The van der Waals surface area contributed by atoms with Crippen LogP contribution in [0.5, 0.6) is 0 Å². The molecule has 3 N–H and O–H groups in total. The zero-order valence-corrected chi connectivity index (χ0v) is 19.8. The fraction of sp³-hybridized carbons (Fsp3) is 0.308. The van der Waals surface area contributed by atoms with Crippen molar-refractivity contribution >= 4 is 29.2 Å². The van der Waals surface area contributed by atoms with E-state index in [2.05, 4.69) is 27.2 Å². The van der Waals surface area contributed by atoms with Crippen LogP contribution in [0.2, 0.25) is 0 Å². The minimum absolute atomic E-state index is 0.0847. The first-order valence-electron chi connectivity index (χ1n) is 11.3. The van der Waals surface area contributed by atoms with Gasteiger partial charge in [-0.1, -0.05) is 36.4 Å². The third-order valence-corrected chi connectivity index (χ3v) is 5.56. The summed E-state index contributed by atoms with van der Waals surface area (Å²) in [6.45, 7) is 5.23. The number of amides is 2. The number of alkyl carbamates (subject to hydrolysis) is 1. The van der Waals surface area contributed by atoms with E-state index in [4.69, 9.17) is 9.15 Å². The molecule has 2 heterocycles. The minimum Gasteiger partial charge on any atom is -0.463 e. The van der Waals surface area contributed by atoms with Crippen molar-refractivity contribution < 1.29 is 18.7 Å². The molecule has 0 saturated heterocycles. The van der Waals surface area contributed by atoms with Crippen LogP contribution in [0.4, 0.5) is 4.79 Å². The Morgan fingerprint density at radius 3 is 2.80 bits per heavy atom. The molecular weight excluding hydrogens is 448 g/mol. The van der Waals surface area contributed by atoms with Crippen LogP contribution in [0, 0.1) is 5.92 Å². The Kier molecular flexibility index (Phi) is 6.86. The fourth-order valence-corrected chi connectivity index (χ4v) is 3.94. The molecule has 2 aliphatic rings. The van der Waals surface area contributed by atoms with Crippen molar-refractivity contribution in [2.45, 2.75) is 44.9 Å². The summed E-state index contributed by atoms with van der Waals surface area (Å²) >= 11 is 0. The number of ether oxygens (including phenoxy) is 1. The van der Waals surface area contributed by atoms with E-state index in [9.17, 15) is 14.4 Å². The Bertz CT molecular complexity index is 1300. The average Bonchev–Trinajstić information content (AvgIpc) is 3.22. The van der Waals surface area contributed by atoms with E-state index < -0.39 is 23.6 Å². The molecule has 2 aromatic rings. The van der Waals surface area contributed by atoms with Crippen molar-refractivity contribution in [2.24, 2.45) is 11.0 Å². The Balaban J connectivity index is 1.48. The standard InChI is InChI=1S/C26H28N4O5/c1-26(2,3)35-25(33)29-21(12-16-13-27-20-10-6-4-8-18(16)20)24(32)30-28-14-17-15-34-22-11-7-5-9-19(22)23(17)31/h4-11,13-15,18,20-21,27H,12H2,1-3H3,(H,29,33)(H,30,32)/b28-14-/t18-,20-,21+/m0/s1. The molecule has 4 rings (SSSR count). The molecule has 1 aliphatic heterocycles. The summed E-state index contributed by atoms with van der Waals surface area (Å²) < 4.78 is 10.8. The molecule has 2 amide bonds. The van der Waals surface area contributed by atoms with Crippen molar-refractivity contribution in [1.29, 1.82) is 0 Å². The first-order valence-corrected chi connectivity index (χ1v) is 11.3. The van der Waals surface area contributed by atoms with Gasteiger partial charge in [0.25, 0.3) is 5.91 Å². The Hall–Kier alpha value is -4.14. The highest BCUT2D eigenvalue weighted by Gasteiger charge is 2.32. The van der Waals surface area contributed by atoms with Crippen molar-refractivity contribution in [3.8, 4) is 0 Å². The highest BCUT2D eigenvalue weighted by molar-refractivity contribution is 5.89. The van der Waals surface area contributed by atoms with Gasteiger partial charge < -0.3 is 19.8 Å². The molecule has 0 fully saturated rings. The third kappa shape index (κ3) is 5.87. The van der Waals surface area contributed by atoms with Gasteiger partial charge >= 0.3 is 6.09 Å². The van der Waals surface area contributed by atoms with Gasteiger partial charge in [0.2, 0.25) is 5.43 Å². The van der Waals surface area contributed by atoms with E-state index in [-0.39, 0.29) is 29.4 Å². The molecule has 0 spiro atoms. The summed E-state index contributed by atoms with van der Waals surface area (Å²) in [5.41, 5.74) is 3.05. The largest absolute Gasteiger partial charge is 0.463 e. The van der Waals surface area contributed by atoms with Gasteiger partial charge in [0.05, 0.1) is 23.2 Å². The maximum absolute atomic E-state index is 13.0. The molecule has 3 atom stereocenters. The number of fused-ring (bicyclic) bond motifs is 2. The lowest BCUT2D eigenvalue weighted by atomic mass is 9.88. The molecule has 0 bridgehead atoms. The Morgan fingerprint density at radius 2 is 2.00 bits per heavy atom. The third-order valence-electron chi connectivity index (χ3n) is 5.56. The topological polar surface area (TPSA) is 122 Å². The van der Waals surface area contributed by atoms with Crippen LogP contribution in [-0.2, 0) is 9.53 Å². The van der Waals surface area contributed by atoms with Crippen LogP contribution in [0.25, 0.3) is 11.0 Å². The zero-order valence-electron chi connectivity index (χ0n) is 19.8. The number of rotatable bonds is 6. The summed E-state index contributed by atoms with van der Waals surface area (Å²) in [5, 5.41) is 10.3. The number of para-hydroxylation sites is 1. The van der Waals surface area contributed by atoms with Crippen LogP contribution >= 0.6 is 0 Å². The number of hydrazone groups is 1. The SMILES string of the molecule is CC(C)(C)OC(=O)N[C@H](CC1=CN[C@H]2C=CC=C[C@@H]12)C(=O)N/N=C\c1coc2ccccc2c1=O. The Morgan fingerprint density at radius 1 is 1.23 bits per heavy atom. The number of carbonyl (C=O) groups excluding carboxylic acids is 2. The second-order valence-electron chi connectivity index (χ2n) is 9.36. The lowest BCUT2D eigenvalue weighted by Crippen LogP contribution is -2.47. The average molecular weight is 477 g/mol. The van der Waals surface area contributed by atoms with E-state index in [0.29, 0.717) is 11.0 Å². The van der Waals surface area contributed by atoms with Gasteiger partial charge in [-0.2, -0.15) is 5.10 Å².